The zero-order chi connectivity index (χ0) is 7.11. The highest BCUT2D eigenvalue weighted by molar-refractivity contribution is 5.02. The highest BCUT2D eigenvalue weighted by atomic mass is 13.8. The molecule has 0 aromatic heterocycles. The summed E-state index contributed by atoms with van der Waals surface area (Å²) in [5.41, 5.74) is 2.97. The predicted octanol–water partition coefficient (Wildman–Crippen LogP) is 2.93. The molecule has 0 spiro atoms. The molecule has 0 aliphatic carbocycles. The molecule has 9 heavy (non-hydrogen) atoms. The van der Waals surface area contributed by atoms with Gasteiger partial charge in [0.15, 0.2) is 0 Å². The SMILES string of the molecule is CC=C=CC=CC(C)C. The van der Waals surface area contributed by atoms with Crippen molar-refractivity contribution in [2.45, 2.75) is 20.8 Å². The second-order valence-corrected chi connectivity index (χ2v) is 2.25. The Kier molecular flexibility index (Phi) is 4.95. The molecular formula is C9H14. The minimum absolute atomic E-state index is 0.639. The van der Waals surface area contributed by atoms with Crippen LogP contribution in [0.5, 0.6) is 0 Å². The maximum absolute atomic E-state index is 2.97. The summed E-state index contributed by atoms with van der Waals surface area (Å²) in [6.07, 6.45) is 7.96. The van der Waals surface area contributed by atoms with Gasteiger partial charge >= 0.3 is 0 Å². The highest BCUT2D eigenvalue weighted by Gasteiger charge is 1.77. The standard InChI is InChI=1S/C9H14/c1-4-5-6-7-8-9(2)3/h4,6-9H,1-3H3. The first kappa shape index (κ1) is 8.26. The minimum atomic E-state index is 0.639. The summed E-state index contributed by atoms with van der Waals surface area (Å²) < 4.78 is 0. The Labute approximate surface area is 57.6 Å². The molecule has 0 saturated heterocycles. The third kappa shape index (κ3) is 7.26. The molecule has 0 nitrogen and oxygen atoms in total. The second-order valence-electron chi connectivity index (χ2n) is 2.25. The molecule has 0 aromatic carbocycles. The Morgan fingerprint density at radius 1 is 1.33 bits per heavy atom. The number of hydrogen-bond donors (Lipinski definition) is 0. The van der Waals surface area contributed by atoms with Crippen molar-refractivity contribution in [3.05, 3.63) is 30.0 Å². The fourth-order valence-corrected chi connectivity index (χ4v) is 0.430. The van der Waals surface area contributed by atoms with Crippen LogP contribution in [-0.4, -0.2) is 0 Å². The van der Waals surface area contributed by atoms with Crippen LogP contribution in [0.3, 0.4) is 0 Å². The van der Waals surface area contributed by atoms with Crippen molar-refractivity contribution in [2.24, 2.45) is 5.92 Å². The Hall–Kier alpha value is -0.740. The predicted molar refractivity (Wildman–Crippen MR) is 42.3 cm³/mol. The molecule has 0 rings (SSSR count). The van der Waals surface area contributed by atoms with Crippen LogP contribution in [0.4, 0.5) is 0 Å². The van der Waals surface area contributed by atoms with Gasteiger partial charge in [-0.2, -0.15) is 0 Å². The van der Waals surface area contributed by atoms with E-state index in [1.165, 1.54) is 0 Å². The molecular weight excluding hydrogens is 108 g/mol. The van der Waals surface area contributed by atoms with Crippen LogP contribution in [-0.2, 0) is 0 Å². The number of hydrogen-bond acceptors (Lipinski definition) is 0. The van der Waals surface area contributed by atoms with Gasteiger partial charge < -0.3 is 0 Å². The summed E-state index contributed by atoms with van der Waals surface area (Å²) >= 11 is 0. The molecule has 0 amide bonds. The normalized spacial score (nSPS) is 9.78. The van der Waals surface area contributed by atoms with E-state index in [2.05, 4.69) is 25.7 Å². The molecule has 0 fully saturated rings. The highest BCUT2D eigenvalue weighted by Crippen LogP contribution is 1.92. The van der Waals surface area contributed by atoms with Crippen molar-refractivity contribution in [1.82, 2.24) is 0 Å². The van der Waals surface area contributed by atoms with Crippen molar-refractivity contribution >= 4 is 0 Å². The van der Waals surface area contributed by atoms with Crippen LogP contribution in [0, 0.1) is 5.92 Å². The molecule has 0 atom stereocenters. The van der Waals surface area contributed by atoms with E-state index < -0.39 is 0 Å². The zero-order valence-corrected chi connectivity index (χ0v) is 6.39. The van der Waals surface area contributed by atoms with Crippen molar-refractivity contribution in [3.63, 3.8) is 0 Å². The zero-order valence-electron chi connectivity index (χ0n) is 6.39. The molecule has 0 unspecified atom stereocenters. The fraction of sp³-hybridized carbons (Fsp3) is 0.444. The van der Waals surface area contributed by atoms with E-state index in [0.717, 1.165) is 0 Å². The first-order chi connectivity index (χ1) is 4.27. The van der Waals surface area contributed by atoms with Crippen LogP contribution in [0.15, 0.2) is 30.0 Å². The van der Waals surface area contributed by atoms with Crippen LogP contribution >= 0.6 is 0 Å². The molecule has 0 bridgehead atoms. The molecule has 0 aliphatic rings. The fourth-order valence-electron chi connectivity index (χ4n) is 0.430. The third-order valence-corrected chi connectivity index (χ3v) is 0.855. The van der Waals surface area contributed by atoms with Gasteiger partial charge in [0.1, 0.15) is 0 Å². The van der Waals surface area contributed by atoms with Gasteiger partial charge in [0.25, 0.3) is 0 Å². The van der Waals surface area contributed by atoms with Gasteiger partial charge in [-0.1, -0.05) is 26.0 Å². The summed E-state index contributed by atoms with van der Waals surface area (Å²) in [4.78, 5) is 0. The van der Waals surface area contributed by atoms with Gasteiger partial charge in [-0.15, -0.1) is 5.73 Å². The van der Waals surface area contributed by atoms with Crippen LogP contribution in [0.2, 0.25) is 0 Å². The van der Waals surface area contributed by atoms with Gasteiger partial charge in [0.05, 0.1) is 0 Å². The number of rotatable bonds is 2. The van der Waals surface area contributed by atoms with E-state index in [1.807, 2.05) is 25.2 Å². The molecule has 0 radical (unpaired) electrons. The van der Waals surface area contributed by atoms with Crippen molar-refractivity contribution in [3.8, 4) is 0 Å². The van der Waals surface area contributed by atoms with Crippen LogP contribution in [0.1, 0.15) is 20.8 Å². The topological polar surface area (TPSA) is 0 Å². The molecule has 0 N–H and O–H groups in total. The first-order valence-corrected chi connectivity index (χ1v) is 3.31. The van der Waals surface area contributed by atoms with Crippen molar-refractivity contribution in [1.29, 1.82) is 0 Å². The average Bonchev–Trinajstić information content (AvgIpc) is 1.80. The Morgan fingerprint density at radius 2 is 2.00 bits per heavy atom. The lowest BCUT2D eigenvalue weighted by Crippen LogP contribution is -1.73. The largest absolute Gasteiger partial charge is 0.126 e. The maximum Gasteiger partial charge on any atom is -0.0206 e. The quantitative estimate of drug-likeness (QED) is 0.390. The average molecular weight is 122 g/mol. The summed E-state index contributed by atoms with van der Waals surface area (Å²) in [7, 11) is 0. The molecule has 0 saturated carbocycles. The van der Waals surface area contributed by atoms with E-state index in [0.29, 0.717) is 5.92 Å². The Bertz CT molecular complexity index is 132. The first-order valence-electron chi connectivity index (χ1n) is 3.31. The molecule has 0 aliphatic heterocycles. The van der Waals surface area contributed by atoms with Crippen LogP contribution in [0.25, 0.3) is 0 Å². The van der Waals surface area contributed by atoms with E-state index in [1.54, 1.807) is 0 Å². The second kappa shape index (κ2) is 5.40. The summed E-state index contributed by atoms with van der Waals surface area (Å²) in [5.74, 6) is 0.639. The monoisotopic (exact) mass is 122 g/mol. The lowest BCUT2D eigenvalue weighted by Gasteiger charge is -1.87. The lowest BCUT2D eigenvalue weighted by atomic mass is 10.2. The smallest absolute Gasteiger partial charge is 0.0206 e. The lowest BCUT2D eigenvalue weighted by molar-refractivity contribution is 0.832. The van der Waals surface area contributed by atoms with Gasteiger partial charge in [-0.3, -0.25) is 0 Å². The summed E-state index contributed by atoms with van der Waals surface area (Å²) in [6, 6.07) is 0. The van der Waals surface area contributed by atoms with Gasteiger partial charge in [0.2, 0.25) is 0 Å². The maximum atomic E-state index is 2.97. The van der Waals surface area contributed by atoms with Crippen molar-refractivity contribution < 1.29 is 0 Å². The molecule has 0 heteroatoms. The molecule has 50 valence electrons. The van der Waals surface area contributed by atoms with Crippen LogP contribution < -0.4 is 0 Å². The third-order valence-electron chi connectivity index (χ3n) is 0.855. The van der Waals surface area contributed by atoms with E-state index in [9.17, 15) is 0 Å². The molecule has 0 aromatic rings. The van der Waals surface area contributed by atoms with Gasteiger partial charge in [-0.25, -0.2) is 0 Å². The van der Waals surface area contributed by atoms with E-state index in [-0.39, 0.29) is 0 Å². The van der Waals surface area contributed by atoms with Crippen molar-refractivity contribution in [2.75, 3.05) is 0 Å². The minimum Gasteiger partial charge on any atom is -0.126 e. The van der Waals surface area contributed by atoms with E-state index >= 15 is 0 Å². The summed E-state index contributed by atoms with van der Waals surface area (Å²) in [5, 5.41) is 0. The van der Waals surface area contributed by atoms with Gasteiger partial charge in [0, 0.05) is 0 Å². The van der Waals surface area contributed by atoms with Gasteiger partial charge in [-0.05, 0) is 25.0 Å². The molecule has 0 heterocycles. The Balaban J connectivity index is 3.60. The number of allylic oxidation sites excluding steroid dienone is 3. The summed E-state index contributed by atoms with van der Waals surface area (Å²) in [6.45, 7) is 6.26. The van der Waals surface area contributed by atoms with E-state index in [4.69, 9.17) is 0 Å². The Morgan fingerprint density at radius 3 is 2.44 bits per heavy atom.